The average Bonchev–Trinajstić information content (AvgIpc) is 3.15. The lowest BCUT2D eigenvalue weighted by molar-refractivity contribution is 0.136. The molecule has 2 rings (SSSR count). The fourth-order valence-corrected chi connectivity index (χ4v) is 4.40. The molecule has 1 aliphatic rings. The highest BCUT2D eigenvalue weighted by Crippen LogP contribution is 2.43. The van der Waals surface area contributed by atoms with Gasteiger partial charge in [-0.05, 0) is 61.5 Å². The number of benzene rings is 1. The van der Waals surface area contributed by atoms with Crippen LogP contribution in [0.4, 0.5) is 0 Å². The van der Waals surface area contributed by atoms with Crippen molar-refractivity contribution in [3.05, 3.63) is 35.4 Å². The molecule has 2 heteroatoms. The van der Waals surface area contributed by atoms with Gasteiger partial charge in [-0.2, -0.15) is 0 Å². The zero-order chi connectivity index (χ0) is 18.1. The van der Waals surface area contributed by atoms with Gasteiger partial charge in [0.2, 0.25) is 0 Å². The number of hydrogen-bond donors (Lipinski definition) is 2. The van der Waals surface area contributed by atoms with E-state index in [2.05, 4.69) is 38.1 Å². The molecule has 0 saturated heterocycles. The standard InChI is InChI=1S/C23H39NO/c1-3-5-6-7-8-9-10-19-11-13-20(14-12-19)21-15-16-22(17-21)23(24,4-2)18-25/h11-14,21-22,25H,3-10,15-18,24H2,1-2H3/t21-,22+,23?/m1/s1. The van der Waals surface area contributed by atoms with Crippen molar-refractivity contribution in [2.75, 3.05) is 6.61 Å². The van der Waals surface area contributed by atoms with Crippen molar-refractivity contribution in [1.82, 2.24) is 0 Å². The quantitative estimate of drug-likeness (QED) is 0.515. The van der Waals surface area contributed by atoms with E-state index in [1.807, 2.05) is 0 Å². The van der Waals surface area contributed by atoms with E-state index >= 15 is 0 Å². The third-order valence-corrected chi connectivity index (χ3v) is 6.47. The minimum Gasteiger partial charge on any atom is -0.394 e. The van der Waals surface area contributed by atoms with Gasteiger partial charge in [-0.15, -0.1) is 0 Å². The summed E-state index contributed by atoms with van der Waals surface area (Å²) in [6.07, 6.45) is 13.7. The maximum atomic E-state index is 9.66. The van der Waals surface area contributed by atoms with Crippen LogP contribution in [0, 0.1) is 5.92 Å². The van der Waals surface area contributed by atoms with Crippen molar-refractivity contribution in [2.45, 2.75) is 95.9 Å². The van der Waals surface area contributed by atoms with Crippen molar-refractivity contribution < 1.29 is 5.11 Å². The number of nitrogens with two attached hydrogens (primary N) is 1. The van der Waals surface area contributed by atoms with Gasteiger partial charge in [-0.1, -0.05) is 70.2 Å². The normalized spacial score (nSPS) is 22.9. The van der Waals surface area contributed by atoms with Crippen molar-refractivity contribution >= 4 is 0 Å². The van der Waals surface area contributed by atoms with E-state index < -0.39 is 0 Å². The number of aliphatic hydroxyl groups excluding tert-OH is 1. The smallest absolute Gasteiger partial charge is 0.0613 e. The molecule has 1 aromatic rings. The van der Waals surface area contributed by atoms with Crippen molar-refractivity contribution in [3.63, 3.8) is 0 Å². The molecule has 1 fully saturated rings. The molecule has 3 atom stereocenters. The fourth-order valence-electron chi connectivity index (χ4n) is 4.40. The summed E-state index contributed by atoms with van der Waals surface area (Å²) in [5.74, 6) is 1.07. The molecule has 3 N–H and O–H groups in total. The van der Waals surface area contributed by atoms with Crippen LogP contribution in [0.3, 0.4) is 0 Å². The second-order valence-electron chi connectivity index (χ2n) is 8.21. The Morgan fingerprint density at radius 3 is 2.32 bits per heavy atom. The van der Waals surface area contributed by atoms with Crippen LogP contribution in [-0.2, 0) is 6.42 Å². The maximum Gasteiger partial charge on any atom is 0.0613 e. The Morgan fingerprint density at radius 2 is 1.68 bits per heavy atom. The SMILES string of the molecule is CCCCCCCCc1ccc([C@@H]2CC[C@H](C(N)(CC)CO)C2)cc1. The summed E-state index contributed by atoms with van der Waals surface area (Å²) < 4.78 is 0. The summed E-state index contributed by atoms with van der Waals surface area (Å²) in [5, 5.41) is 9.66. The monoisotopic (exact) mass is 345 g/mol. The first-order valence-electron chi connectivity index (χ1n) is 10.6. The number of aryl methyl sites for hydroxylation is 1. The third kappa shape index (κ3) is 5.82. The van der Waals surface area contributed by atoms with Crippen molar-refractivity contribution in [3.8, 4) is 0 Å². The lowest BCUT2D eigenvalue weighted by atomic mass is 9.81. The van der Waals surface area contributed by atoms with Crippen LogP contribution in [0.15, 0.2) is 24.3 Å². The van der Waals surface area contributed by atoms with Crippen LogP contribution in [0.5, 0.6) is 0 Å². The molecule has 0 spiro atoms. The van der Waals surface area contributed by atoms with Crippen LogP contribution in [-0.4, -0.2) is 17.3 Å². The van der Waals surface area contributed by atoms with Gasteiger partial charge in [-0.25, -0.2) is 0 Å². The Hall–Kier alpha value is -0.860. The largest absolute Gasteiger partial charge is 0.394 e. The number of aliphatic hydroxyl groups is 1. The van der Waals surface area contributed by atoms with Crippen LogP contribution < -0.4 is 5.73 Å². The van der Waals surface area contributed by atoms with Crippen LogP contribution >= 0.6 is 0 Å². The van der Waals surface area contributed by atoms with E-state index in [9.17, 15) is 5.11 Å². The molecule has 0 radical (unpaired) electrons. The molecular formula is C23H39NO. The Morgan fingerprint density at radius 1 is 1.00 bits per heavy atom. The van der Waals surface area contributed by atoms with Gasteiger partial charge in [0.1, 0.15) is 0 Å². The van der Waals surface area contributed by atoms with Gasteiger partial charge in [0.05, 0.1) is 6.61 Å². The van der Waals surface area contributed by atoms with Gasteiger partial charge >= 0.3 is 0 Å². The molecule has 142 valence electrons. The number of unbranched alkanes of at least 4 members (excludes halogenated alkanes) is 5. The highest BCUT2D eigenvalue weighted by atomic mass is 16.3. The molecule has 1 unspecified atom stereocenters. The molecule has 1 saturated carbocycles. The molecule has 1 aliphatic carbocycles. The second kappa shape index (κ2) is 10.3. The first-order valence-corrected chi connectivity index (χ1v) is 10.6. The molecule has 0 bridgehead atoms. The summed E-state index contributed by atoms with van der Waals surface area (Å²) in [6, 6.07) is 9.33. The predicted molar refractivity (Wildman–Crippen MR) is 108 cm³/mol. The van der Waals surface area contributed by atoms with E-state index in [-0.39, 0.29) is 12.1 Å². The summed E-state index contributed by atoms with van der Waals surface area (Å²) >= 11 is 0. The Balaban J connectivity index is 1.78. The summed E-state index contributed by atoms with van der Waals surface area (Å²) in [4.78, 5) is 0. The van der Waals surface area contributed by atoms with E-state index in [0.29, 0.717) is 11.8 Å². The van der Waals surface area contributed by atoms with E-state index in [1.165, 1.54) is 62.5 Å². The topological polar surface area (TPSA) is 46.2 Å². The number of hydrogen-bond acceptors (Lipinski definition) is 2. The zero-order valence-corrected chi connectivity index (χ0v) is 16.5. The third-order valence-electron chi connectivity index (χ3n) is 6.47. The first kappa shape index (κ1) is 20.5. The van der Waals surface area contributed by atoms with Crippen LogP contribution in [0.2, 0.25) is 0 Å². The van der Waals surface area contributed by atoms with Crippen LogP contribution in [0.1, 0.15) is 95.1 Å². The Kier molecular flexibility index (Phi) is 8.45. The van der Waals surface area contributed by atoms with E-state index in [1.54, 1.807) is 0 Å². The molecule has 0 aromatic heterocycles. The Bertz CT molecular complexity index is 477. The molecule has 0 heterocycles. The first-order chi connectivity index (χ1) is 12.1. The lowest BCUT2D eigenvalue weighted by Crippen LogP contribution is -2.49. The minimum absolute atomic E-state index is 0.109. The molecule has 0 aliphatic heterocycles. The minimum atomic E-state index is -0.382. The van der Waals surface area contributed by atoms with Gasteiger partial charge in [0, 0.05) is 5.54 Å². The van der Waals surface area contributed by atoms with Crippen molar-refractivity contribution in [1.29, 1.82) is 0 Å². The second-order valence-corrected chi connectivity index (χ2v) is 8.21. The molecule has 2 nitrogen and oxygen atoms in total. The summed E-state index contributed by atoms with van der Waals surface area (Å²) in [5.41, 5.74) is 8.97. The highest BCUT2D eigenvalue weighted by Gasteiger charge is 2.38. The molecule has 1 aromatic carbocycles. The van der Waals surface area contributed by atoms with Gasteiger partial charge < -0.3 is 10.8 Å². The molecule has 25 heavy (non-hydrogen) atoms. The maximum absolute atomic E-state index is 9.66. The van der Waals surface area contributed by atoms with E-state index in [0.717, 1.165) is 19.3 Å². The average molecular weight is 346 g/mol. The van der Waals surface area contributed by atoms with Crippen LogP contribution in [0.25, 0.3) is 0 Å². The predicted octanol–water partition coefficient (Wildman–Crippen LogP) is 5.57. The molecular weight excluding hydrogens is 306 g/mol. The van der Waals surface area contributed by atoms with Gasteiger partial charge in [0.25, 0.3) is 0 Å². The van der Waals surface area contributed by atoms with Crippen molar-refractivity contribution in [2.24, 2.45) is 11.7 Å². The fraction of sp³-hybridized carbons (Fsp3) is 0.739. The van der Waals surface area contributed by atoms with Gasteiger partial charge in [0.15, 0.2) is 0 Å². The zero-order valence-electron chi connectivity index (χ0n) is 16.5. The molecule has 0 amide bonds. The Labute approximate surface area is 155 Å². The number of rotatable bonds is 11. The summed E-state index contributed by atoms with van der Waals surface area (Å²) in [7, 11) is 0. The van der Waals surface area contributed by atoms with E-state index in [4.69, 9.17) is 5.73 Å². The summed E-state index contributed by atoms with van der Waals surface area (Å²) in [6.45, 7) is 4.48. The highest BCUT2D eigenvalue weighted by molar-refractivity contribution is 5.26. The lowest BCUT2D eigenvalue weighted by Gasteiger charge is -2.32. The van der Waals surface area contributed by atoms with Gasteiger partial charge in [-0.3, -0.25) is 0 Å².